The van der Waals surface area contributed by atoms with Crippen molar-refractivity contribution < 1.29 is 19.4 Å². The van der Waals surface area contributed by atoms with Crippen molar-refractivity contribution in [2.24, 2.45) is 0 Å². The maximum absolute atomic E-state index is 10.6. The van der Waals surface area contributed by atoms with E-state index in [1.807, 2.05) is 36.4 Å². The Hall–Kier alpha value is -2.49. The number of ether oxygens (including phenoxy) is 2. The first-order valence-corrected chi connectivity index (χ1v) is 8.16. The standard InChI is InChI=1S/C20H22O4/c1-20(2)12-15-4-3-5-16(19(15)24-20)13-23-17-9-6-14(7-10-17)8-11-18(21)22/h3-7,9-10H,8,11-13H2,1-2H3,(H,21,22). The van der Waals surface area contributed by atoms with E-state index in [4.69, 9.17) is 14.6 Å². The monoisotopic (exact) mass is 326 g/mol. The van der Waals surface area contributed by atoms with Gasteiger partial charge < -0.3 is 14.6 Å². The highest BCUT2D eigenvalue weighted by Crippen LogP contribution is 2.37. The molecule has 1 N–H and O–H groups in total. The summed E-state index contributed by atoms with van der Waals surface area (Å²) in [7, 11) is 0. The highest BCUT2D eigenvalue weighted by Gasteiger charge is 2.31. The summed E-state index contributed by atoms with van der Waals surface area (Å²) < 4.78 is 11.9. The van der Waals surface area contributed by atoms with Gasteiger partial charge in [0, 0.05) is 18.4 Å². The first-order valence-electron chi connectivity index (χ1n) is 8.16. The quantitative estimate of drug-likeness (QED) is 0.872. The zero-order chi connectivity index (χ0) is 17.2. The minimum Gasteiger partial charge on any atom is -0.489 e. The van der Waals surface area contributed by atoms with E-state index in [1.165, 1.54) is 5.56 Å². The van der Waals surface area contributed by atoms with E-state index < -0.39 is 5.97 Å². The molecule has 0 aliphatic carbocycles. The number of carbonyl (C=O) groups is 1. The summed E-state index contributed by atoms with van der Waals surface area (Å²) >= 11 is 0. The molecule has 1 aliphatic rings. The maximum atomic E-state index is 10.6. The fraction of sp³-hybridized carbons (Fsp3) is 0.350. The average molecular weight is 326 g/mol. The van der Waals surface area contributed by atoms with Crippen LogP contribution in [0.15, 0.2) is 42.5 Å². The lowest BCUT2D eigenvalue weighted by molar-refractivity contribution is -0.136. The van der Waals surface area contributed by atoms with Crippen molar-refractivity contribution in [3.8, 4) is 11.5 Å². The van der Waals surface area contributed by atoms with Crippen LogP contribution in [0.25, 0.3) is 0 Å². The molecule has 0 saturated heterocycles. The molecule has 1 heterocycles. The van der Waals surface area contributed by atoms with Crippen LogP contribution >= 0.6 is 0 Å². The van der Waals surface area contributed by atoms with Gasteiger partial charge in [0.1, 0.15) is 23.7 Å². The number of rotatable bonds is 6. The lowest BCUT2D eigenvalue weighted by Gasteiger charge is -2.18. The molecule has 4 nitrogen and oxygen atoms in total. The first kappa shape index (κ1) is 16.4. The molecule has 3 rings (SSSR count). The summed E-state index contributed by atoms with van der Waals surface area (Å²) in [4.78, 5) is 10.6. The Balaban J connectivity index is 1.63. The van der Waals surface area contributed by atoms with Gasteiger partial charge in [-0.15, -0.1) is 0 Å². The number of carboxylic acids is 1. The molecule has 2 aromatic carbocycles. The van der Waals surface area contributed by atoms with Gasteiger partial charge in [0.15, 0.2) is 0 Å². The van der Waals surface area contributed by atoms with Gasteiger partial charge in [-0.2, -0.15) is 0 Å². The normalized spacial score (nSPS) is 14.8. The minimum absolute atomic E-state index is 0.142. The van der Waals surface area contributed by atoms with Crippen molar-refractivity contribution in [3.63, 3.8) is 0 Å². The van der Waals surface area contributed by atoms with E-state index in [1.54, 1.807) is 0 Å². The Morgan fingerprint density at radius 3 is 2.67 bits per heavy atom. The van der Waals surface area contributed by atoms with Crippen molar-refractivity contribution in [2.75, 3.05) is 0 Å². The highest BCUT2D eigenvalue weighted by molar-refractivity contribution is 5.67. The second-order valence-corrected chi connectivity index (χ2v) is 6.77. The van der Waals surface area contributed by atoms with E-state index in [-0.39, 0.29) is 12.0 Å². The van der Waals surface area contributed by atoms with Crippen molar-refractivity contribution in [1.82, 2.24) is 0 Å². The van der Waals surface area contributed by atoms with Crippen LogP contribution in [0, 0.1) is 0 Å². The van der Waals surface area contributed by atoms with Crippen LogP contribution in [-0.4, -0.2) is 16.7 Å². The molecule has 1 aliphatic heterocycles. The molecule has 0 atom stereocenters. The number of aryl methyl sites for hydroxylation is 1. The fourth-order valence-electron chi connectivity index (χ4n) is 2.96. The van der Waals surface area contributed by atoms with Gasteiger partial charge in [0.05, 0.1) is 0 Å². The van der Waals surface area contributed by atoms with Crippen LogP contribution in [-0.2, 0) is 24.2 Å². The Bertz CT molecular complexity index is 732. The van der Waals surface area contributed by atoms with Gasteiger partial charge in [-0.3, -0.25) is 4.79 Å². The molecule has 0 aromatic heterocycles. The molecule has 0 amide bonds. The van der Waals surface area contributed by atoms with Gasteiger partial charge >= 0.3 is 5.97 Å². The maximum Gasteiger partial charge on any atom is 0.303 e. The summed E-state index contributed by atoms with van der Waals surface area (Å²) in [5.41, 5.74) is 3.11. The number of fused-ring (bicyclic) bond motifs is 1. The van der Waals surface area contributed by atoms with Gasteiger partial charge in [-0.1, -0.05) is 30.3 Å². The first-order chi connectivity index (χ1) is 11.4. The SMILES string of the molecule is CC1(C)Cc2cccc(COc3ccc(CCC(=O)O)cc3)c2O1. The summed E-state index contributed by atoms with van der Waals surface area (Å²) in [6, 6.07) is 13.8. The highest BCUT2D eigenvalue weighted by atomic mass is 16.5. The molecule has 0 saturated carbocycles. The third-order valence-corrected chi connectivity index (χ3v) is 4.12. The largest absolute Gasteiger partial charge is 0.489 e. The summed E-state index contributed by atoms with van der Waals surface area (Å²) in [5, 5.41) is 8.72. The van der Waals surface area contributed by atoms with E-state index in [0.29, 0.717) is 13.0 Å². The lowest BCUT2D eigenvalue weighted by atomic mass is 10.0. The molecule has 0 unspecified atom stereocenters. The molecule has 0 spiro atoms. The van der Waals surface area contributed by atoms with Crippen molar-refractivity contribution in [3.05, 3.63) is 59.2 Å². The predicted molar refractivity (Wildman–Crippen MR) is 91.6 cm³/mol. The Morgan fingerprint density at radius 1 is 1.21 bits per heavy atom. The van der Waals surface area contributed by atoms with Crippen LogP contribution in [0.1, 0.15) is 37.0 Å². The van der Waals surface area contributed by atoms with E-state index >= 15 is 0 Å². The molecular weight excluding hydrogens is 304 g/mol. The number of para-hydroxylation sites is 1. The lowest BCUT2D eigenvalue weighted by Crippen LogP contribution is -2.25. The smallest absolute Gasteiger partial charge is 0.303 e. The molecular formula is C20H22O4. The summed E-state index contributed by atoms with van der Waals surface area (Å²) in [6.07, 6.45) is 1.59. The molecule has 0 fully saturated rings. The third-order valence-electron chi connectivity index (χ3n) is 4.12. The van der Waals surface area contributed by atoms with Gasteiger partial charge in [-0.25, -0.2) is 0 Å². The molecule has 0 bridgehead atoms. The van der Waals surface area contributed by atoms with E-state index in [0.717, 1.165) is 29.0 Å². The minimum atomic E-state index is -0.781. The van der Waals surface area contributed by atoms with E-state index in [9.17, 15) is 4.79 Å². The van der Waals surface area contributed by atoms with Crippen LogP contribution in [0.5, 0.6) is 11.5 Å². The average Bonchev–Trinajstić information content (AvgIpc) is 2.86. The Morgan fingerprint density at radius 2 is 1.96 bits per heavy atom. The van der Waals surface area contributed by atoms with Crippen LogP contribution < -0.4 is 9.47 Å². The van der Waals surface area contributed by atoms with Crippen LogP contribution in [0.3, 0.4) is 0 Å². The number of hydrogen-bond donors (Lipinski definition) is 1. The van der Waals surface area contributed by atoms with Crippen molar-refractivity contribution in [1.29, 1.82) is 0 Å². The number of carboxylic acid groups (broad SMARTS) is 1. The van der Waals surface area contributed by atoms with E-state index in [2.05, 4.69) is 19.9 Å². The van der Waals surface area contributed by atoms with Crippen LogP contribution in [0.2, 0.25) is 0 Å². The van der Waals surface area contributed by atoms with Gasteiger partial charge in [-0.05, 0) is 43.5 Å². The number of hydrogen-bond acceptors (Lipinski definition) is 3. The number of aliphatic carboxylic acids is 1. The fourth-order valence-corrected chi connectivity index (χ4v) is 2.96. The second kappa shape index (κ2) is 6.56. The molecule has 4 heteroatoms. The van der Waals surface area contributed by atoms with Gasteiger partial charge in [0.25, 0.3) is 0 Å². The Labute approximate surface area is 142 Å². The van der Waals surface area contributed by atoms with Crippen molar-refractivity contribution in [2.45, 2.75) is 45.3 Å². The van der Waals surface area contributed by atoms with Crippen molar-refractivity contribution >= 4 is 5.97 Å². The number of benzene rings is 2. The second-order valence-electron chi connectivity index (χ2n) is 6.77. The predicted octanol–water partition coefficient (Wildman–Crippen LogP) is 4.00. The molecule has 126 valence electrons. The molecule has 24 heavy (non-hydrogen) atoms. The molecule has 2 aromatic rings. The summed E-state index contributed by atoms with van der Waals surface area (Å²) in [5.74, 6) is 0.931. The zero-order valence-corrected chi connectivity index (χ0v) is 14.0. The topological polar surface area (TPSA) is 55.8 Å². The summed E-state index contributed by atoms with van der Waals surface area (Å²) in [6.45, 7) is 4.63. The zero-order valence-electron chi connectivity index (χ0n) is 14.0. The molecule has 0 radical (unpaired) electrons. The van der Waals surface area contributed by atoms with Crippen LogP contribution in [0.4, 0.5) is 0 Å². The van der Waals surface area contributed by atoms with Gasteiger partial charge in [0.2, 0.25) is 0 Å². The third kappa shape index (κ3) is 3.88. The Kier molecular flexibility index (Phi) is 4.47.